The average Bonchev–Trinajstić information content (AvgIpc) is 1.63. The number of furan rings is 1. The molecule has 10 heterocycles. The monoisotopic (exact) mass is 1830 g/mol. The number of benzene rings is 16. The third-order valence-electron chi connectivity index (χ3n) is 23.2. The molecule has 0 unspecified atom stereocenters. The van der Waals surface area contributed by atoms with Crippen LogP contribution in [-0.2, 0) is 0 Å². The Balaban J connectivity index is 0.0000000988. The van der Waals surface area contributed by atoms with Crippen molar-refractivity contribution in [3.8, 4) is 125 Å². The van der Waals surface area contributed by atoms with Crippen molar-refractivity contribution in [2.75, 3.05) is 0 Å². The maximum Gasteiger partial charge on any atom is 0.165 e. The summed E-state index contributed by atoms with van der Waals surface area (Å²) in [4.78, 5) is 69.9. The van der Waals surface area contributed by atoms with Crippen LogP contribution in [-0.4, -0.2) is 74.8 Å². The Kier molecular flexibility index (Phi) is 23.4. The highest BCUT2D eigenvalue weighted by Gasteiger charge is 2.21. The molecule has 16 nitrogen and oxygen atoms in total. The molecular weight excluding hydrogens is 1750 g/mol. The van der Waals surface area contributed by atoms with Crippen molar-refractivity contribution in [3.63, 3.8) is 0 Å². The first-order valence-electron chi connectivity index (χ1n) is 44.5. The fourth-order valence-corrected chi connectivity index (χ4v) is 21.3. The van der Waals surface area contributed by atoms with Crippen LogP contribution in [0.1, 0.15) is 28.9 Å². The first-order chi connectivity index (χ1) is 66.9. The molecular formula is C116H79N15OS4. The molecule has 0 bridgehead atoms. The van der Waals surface area contributed by atoms with Gasteiger partial charge in [-0.2, -0.15) is 0 Å². The van der Waals surface area contributed by atoms with E-state index in [1.165, 1.54) is 86.3 Å². The Morgan fingerprint density at radius 1 is 0.162 bits per heavy atom. The van der Waals surface area contributed by atoms with Crippen LogP contribution in [0.3, 0.4) is 0 Å². The Bertz CT molecular complexity index is 8740. The van der Waals surface area contributed by atoms with Gasteiger partial charge in [-0.1, -0.05) is 291 Å². The minimum Gasteiger partial charge on any atom is -0.456 e. The highest BCUT2D eigenvalue weighted by Crippen LogP contribution is 2.43. The molecule has 136 heavy (non-hydrogen) atoms. The van der Waals surface area contributed by atoms with E-state index in [-0.39, 0.29) is 0 Å². The second-order valence-corrected chi connectivity index (χ2v) is 36.9. The van der Waals surface area contributed by atoms with Crippen LogP contribution in [0.4, 0.5) is 0 Å². The first-order valence-corrected chi connectivity index (χ1v) is 47.7. The van der Waals surface area contributed by atoms with Crippen molar-refractivity contribution in [3.05, 3.63) is 417 Å². The van der Waals surface area contributed by atoms with E-state index in [1.807, 2.05) is 238 Å². The summed E-state index contributed by atoms with van der Waals surface area (Å²) in [6, 6.07) is 132. The summed E-state index contributed by atoms with van der Waals surface area (Å²) >= 11 is 7.22. The Labute approximate surface area is 798 Å². The number of rotatable bonds is 11. The number of hydrogen-bond acceptors (Lipinski definition) is 20. The van der Waals surface area contributed by atoms with Crippen LogP contribution in [0.5, 0.6) is 0 Å². The molecule has 10 aromatic heterocycles. The van der Waals surface area contributed by atoms with Crippen molar-refractivity contribution >= 4 is 148 Å². The summed E-state index contributed by atoms with van der Waals surface area (Å²) < 4.78 is 16.1. The number of para-hydroxylation sites is 1. The molecule has 0 atom stereocenters. The lowest BCUT2D eigenvalue weighted by atomic mass is 10.1. The molecule has 16 aromatic carbocycles. The van der Waals surface area contributed by atoms with Gasteiger partial charge in [0.1, 0.15) is 34.5 Å². The van der Waals surface area contributed by atoms with Gasteiger partial charge in [0, 0.05) is 153 Å². The second kappa shape index (κ2) is 37.5. The van der Waals surface area contributed by atoms with Gasteiger partial charge in [-0.3, -0.25) is 0 Å². The molecule has 0 spiro atoms. The highest BCUT2D eigenvalue weighted by molar-refractivity contribution is 7.27. The lowest BCUT2D eigenvalue weighted by Gasteiger charge is -2.09. The van der Waals surface area contributed by atoms with Gasteiger partial charge in [-0.05, 0) is 138 Å². The summed E-state index contributed by atoms with van der Waals surface area (Å²) in [6.07, 6.45) is 0. The van der Waals surface area contributed by atoms with Gasteiger partial charge < -0.3 is 4.42 Å². The number of nitrogens with zero attached hydrogens (tertiary/aromatic N) is 15. The zero-order chi connectivity index (χ0) is 91.5. The fraction of sp³-hybridized carbons (Fsp3) is 0.0431. The maximum absolute atomic E-state index is 5.91. The van der Waals surface area contributed by atoms with Crippen LogP contribution >= 0.6 is 45.3 Å². The second-order valence-electron chi connectivity index (χ2n) is 32.6. The fourth-order valence-electron chi connectivity index (χ4n) is 16.8. The molecule has 0 aliphatic heterocycles. The molecule has 0 aliphatic carbocycles. The van der Waals surface area contributed by atoms with Crippen molar-refractivity contribution in [2.45, 2.75) is 34.6 Å². The Morgan fingerprint density at radius 3 is 0.875 bits per heavy atom. The smallest absolute Gasteiger partial charge is 0.165 e. The van der Waals surface area contributed by atoms with Crippen molar-refractivity contribution in [1.29, 1.82) is 0 Å². The molecule has 0 fully saturated rings. The van der Waals surface area contributed by atoms with Gasteiger partial charge >= 0.3 is 0 Å². The number of thiophene rings is 4. The van der Waals surface area contributed by atoms with Crippen molar-refractivity contribution in [1.82, 2.24) is 74.8 Å². The molecule has 20 heteroatoms. The van der Waals surface area contributed by atoms with Crippen LogP contribution in [0.2, 0.25) is 0 Å². The molecule has 0 N–H and O–H groups in total. The third kappa shape index (κ3) is 17.8. The summed E-state index contributed by atoms with van der Waals surface area (Å²) in [7, 11) is 0. The molecule has 648 valence electrons. The van der Waals surface area contributed by atoms with Gasteiger partial charge in [0.2, 0.25) is 0 Å². The quantitative estimate of drug-likeness (QED) is 0.118. The lowest BCUT2D eigenvalue weighted by Crippen LogP contribution is -2.00. The topological polar surface area (TPSA) is 206 Å². The summed E-state index contributed by atoms with van der Waals surface area (Å²) in [6.45, 7) is 9.72. The zero-order valence-corrected chi connectivity index (χ0v) is 77.5. The van der Waals surface area contributed by atoms with E-state index in [2.05, 4.69) is 247 Å². The van der Waals surface area contributed by atoms with Gasteiger partial charge in [-0.25, -0.2) is 74.8 Å². The third-order valence-corrected chi connectivity index (χ3v) is 27.9. The van der Waals surface area contributed by atoms with Crippen LogP contribution in [0, 0.1) is 34.6 Å². The SMILES string of the molecule is Cc1cccc(-c2nc(-c3ccccc3)nc(-c3ccc4sc5ccccc5c4c3)n2)c1.Cc1nc(-c2ccccc2)nc(-c2ccc3c(c2)sc2ccccc23)n1.Cc1nc(-c2ccccc2)nc(-c2ccc3oc4ccccc4c3c2)n1.Cc1nc(-c2ccccc2)nc(-c2ccc3sc4ccccc4c3c2)n1.Cc1nc(-c2ccccc2)nc(-c2cccc3c2sc2ccccc23)n1. The number of aryl methyl sites for hydroxylation is 5. The molecule has 26 rings (SSSR count). The van der Waals surface area contributed by atoms with E-state index in [9.17, 15) is 0 Å². The number of hydrogen-bond donors (Lipinski definition) is 0. The maximum atomic E-state index is 5.91. The standard InChI is InChI=1S/C28H19N3S.C22H15N3O.3C22H15N3S/c1-18-8-7-11-20(16-18)27-29-26(19-9-3-2-4-10-19)30-28(31-27)21-14-15-25-23(17-21)22-12-5-6-13-24(22)32-25;1-14-23-21(15-7-3-2-4-8-15)25-22(24-14)16-11-12-20-18(13-16)17-9-5-6-10-19(17)26-20;1-14-23-21(15-8-3-2-4-9-15)25-22(24-14)18-12-7-11-17-16-10-5-6-13-19(16)26-20(17)18;1-14-23-21(15-7-3-2-4-8-15)25-22(24-14)16-11-12-20-18(13-16)17-9-5-6-10-19(17)26-20;1-14-23-21(15-7-3-2-4-8-15)25-22(24-14)16-11-12-18-17-9-5-6-10-19(17)26-20(18)13-16/h2-17H,1H3;4*2-13H,1H3. The predicted molar refractivity (Wildman–Crippen MR) is 561 cm³/mol. The first kappa shape index (κ1) is 84.8. The molecule has 0 saturated heterocycles. The molecule has 26 aromatic rings. The summed E-state index contributed by atoms with van der Waals surface area (Å²) in [5, 5.41) is 12.3. The van der Waals surface area contributed by atoms with Crippen molar-refractivity contribution in [2.24, 2.45) is 0 Å². The predicted octanol–water partition coefficient (Wildman–Crippen LogP) is 30.6. The number of fused-ring (bicyclic) bond motifs is 15. The molecule has 0 radical (unpaired) electrons. The molecule has 0 amide bonds. The Morgan fingerprint density at radius 2 is 0.434 bits per heavy atom. The van der Waals surface area contributed by atoms with E-state index >= 15 is 0 Å². The average molecular weight is 1830 g/mol. The van der Waals surface area contributed by atoms with E-state index in [0.29, 0.717) is 58.2 Å². The van der Waals surface area contributed by atoms with Gasteiger partial charge in [-0.15, -0.1) is 45.3 Å². The minimum absolute atomic E-state index is 0.670. The van der Waals surface area contributed by atoms with Crippen LogP contribution in [0.25, 0.3) is 228 Å². The van der Waals surface area contributed by atoms with E-state index in [4.69, 9.17) is 39.3 Å². The molecule has 0 saturated carbocycles. The summed E-state index contributed by atoms with van der Waals surface area (Å²) in [5.74, 6) is 10.6. The van der Waals surface area contributed by atoms with E-state index in [1.54, 1.807) is 22.7 Å². The zero-order valence-electron chi connectivity index (χ0n) is 74.2. The largest absolute Gasteiger partial charge is 0.456 e. The number of aromatic nitrogens is 15. The van der Waals surface area contributed by atoms with Gasteiger partial charge in [0.15, 0.2) is 64.1 Å². The molecule has 0 aliphatic rings. The van der Waals surface area contributed by atoms with Crippen molar-refractivity contribution < 1.29 is 4.42 Å². The van der Waals surface area contributed by atoms with Crippen LogP contribution in [0.15, 0.2) is 393 Å². The van der Waals surface area contributed by atoms with E-state index < -0.39 is 0 Å². The Hall–Kier alpha value is -16.8. The normalized spacial score (nSPS) is 11.3. The summed E-state index contributed by atoms with van der Waals surface area (Å²) in [5.41, 5.74) is 13.9. The van der Waals surface area contributed by atoms with Gasteiger partial charge in [0.05, 0.1) is 0 Å². The van der Waals surface area contributed by atoms with Crippen LogP contribution < -0.4 is 0 Å². The highest BCUT2D eigenvalue weighted by atomic mass is 32.1. The minimum atomic E-state index is 0.670. The van der Waals surface area contributed by atoms with Gasteiger partial charge in [0.25, 0.3) is 0 Å². The lowest BCUT2D eigenvalue weighted by molar-refractivity contribution is 0.669. The van der Waals surface area contributed by atoms with E-state index in [0.717, 1.165) is 112 Å².